The normalized spacial score (nSPS) is 22.8. The summed E-state index contributed by atoms with van der Waals surface area (Å²) in [7, 11) is 0. The summed E-state index contributed by atoms with van der Waals surface area (Å²) in [4.78, 5) is 18.8. The van der Waals surface area contributed by atoms with Crippen molar-refractivity contribution in [2.24, 2.45) is 5.92 Å². The van der Waals surface area contributed by atoms with Gasteiger partial charge in [-0.1, -0.05) is 13.8 Å². The molecule has 2 N–H and O–H groups in total. The third kappa shape index (κ3) is 3.61. The number of nitrogens with zero attached hydrogens (tertiary/aromatic N) is 3. The third-order valence-corrected chi connectivity index (χ3v) is 4.28. The molecule has 1 amide bonds. The first-order chi connectivity index (χ1) is 10.1. The standard InChI is InChI=1S/C15H25N5O/c1-10(2)16-8-11-4-3-7-20(9-11)15(21)14-17-13(18-19-14)12-5-6-12/h10-12,16H,3-9H2,1-2H3,(H,17,18,19). The fourth-order valence-corrected chi connectivity index (χ4v) is 2.87. The number of aromatic nitrogens is 3. The molecule has 2 heterocycles. The second-order valence-corrected chi connectivity index (χ2v) is 6.64. The van der Waals surface area contributed by atoms with E-state index in [9.17, 15) is 4.79 Å². The van der Waals surface area contributed by atoms with Crippen molar-refractivity contribution >= 4 is 5.91 Å². The zero-order chi connectivity index (χ0) is 14.8. The van der Waals surface area contributed by atoms with Crippen LogP contribution < -0.4 is 5.32 Å². The Bertz CT molecular complexity index is 494. The van der Waals surface area contributed by atoms with Gasteiger partial charge in [0.15, 0.2) is 0 Å². The van der Waals surface area contributed by atoms with E-state index in [1.165, 1.54) is 6.42 Å². The number of likely N-dealkylation sites (tertiary alicyclic amines) is 1. The summed E-state index contributed by atoms with van der Waals surface area (Å²) in [6, 6.07) is 0.491. The van der Waals surface area contributed by atoms with Crippen LogP contribution in [0.2, 0.25) is 0 Å². The summed E-state index contributed by atoms with van der Waals surface area (Å²) in [6.45, 7) is 6.91. The lowest BCUT2D eigenvalue weighted by Gasteiger charge is -2.32. The first-order valence-corrected chi connectivity index (χ1v) is 8.08. The van der Waals surface area contributed by atoms with Gasteiger partial charge < -0.3 is 10.2 Å². The van der Waals surface area contributed by atoms with Crippen molar-refractivity contribution in [2.75, 3.05) is 19.6 Å². The van der Waals surface area contributed by atoms with Gasteiger partial charge in [-0.25, -0.2) is 4.98 Å². The van der Waals surface area contributed by atoms with Crippen molar-refractivity contribution in [3.63, 3.8) is 0 Å². The Labute approximate surface area is 125 Å². The molecule has 2 fully saturated rings. The van der Waals surface area contributed by atoms with Crippen LogP contribution in [0.25, 0.3) is 0 Å². The fraction of sp³-hybridized carbons (Fsp3) is 0.800. The molecule has 6 nitrogen and oxygen atoms in total. The maximum absolute atomic E-state index is 12.5. The van der Waals surface area contributed by atoms with Gasteiger partial charge in [0, 0.05) is 25.0 Å². The van der Waals surface area contributed by atoms with Gasteiger partial charge in [0.25, 0.3) is 5.91 Å². The van der Waals surface area contributed by atoms with Gasteiger partial charge in [-0.2, -0.15) is 0 Å². The summed E-state index contributed by atoms with van der Waals surface area (Å²) in [5, 5.41) is 10.5. The Morgan fingerprint density at radius 2 is 2.24 bits per heavy atom. The predicted molar refractivity (Wildman–Crippen MR) is 80.1 cm³/mol. The second-order valence-electron chi connectivity index (χ2n) is 6.64. The van der Waals surface area contributed by atoms with Crippen LogP contribution in [0.5, 0.6) is 0 Å². The van der Waals surface area contributed by atoms with Gasteiger partial charge in [-0.05, 0) is 38.1 Å². The van der Waals surface area contributed by atoms with Gasteiger partial charge in [0.2, 0.25) is 5.82 Å². The van der Waals surface area contributed by atoms with E-state index in [0.29, 0.717) is 23.7 Å². The molecule has 116 valence electrons. The molecule has 2 aliphatic rings. The minimum Gasteiger partial charge on any atom is -0.336 e. The number of hydrogen-bond acceptors (Lipinski definition) is 4. The highest BCUT2D eigenvalue weighted by atomic mass is 16.2. The maximum atomic E-state index is 12.5. The molecule has 0 spiro atoms. The SMILES string of the molecule is CC(C)NCC1CCCN(C(=O)c2n[nH]c(C3CC3)n2)C1. The zero-order valence-electron chi connectivity index (χ0n) is 12.9. The van der Waals surface area contributed by atoms with Gasteiger partial charge in [0.05, 0.1) is 0 Å². The average molecular weight is 291 g/mol. The van der Waals surface area contributed by atoms with Crippen LogP contribution >= 0.6 is 0 Å². The molecule has 1 aromatic heterocycles. The summed E-state index contributed by atoms with van der Waals surface area (Å²) in [5.74, 6) is 2.24. The molecule has 1 atom stereocenters. The fourth-order valence-electron chi connectivity index (χ4n) is 2.87. The lowest BCUT2D eigenvalue weighted by Crippen LogP contribution is -2.44. The number of H-pyrrole nitrogens is 1. The van der Waals surface area contributed by atoms with E-state index in [-0.39, 0.29) is 5.91 Å². The van der Waals surface area contributed by atoms with Gasteiger partial charge in [-0.15, -0.1) is 5.10 Å². The minimum absolute atomic E-state index is 0.0209. The third-order valence-electron chi connectivity index (χ3n) is 4.28. The number of carbonyl (C=O) groups excluding carboxylic acids is 1. The number of rotatable bonds is 5. The topological polar surface area (TPSA) is 73.9 Å². The summed E-state index contributed by atoms with van der Waals surface area (Å²) in [6.07, 6.45) is 4.58. The van der Waals surface area contributed by atoms with Crippen LogP contribution in [-0.2, 0) is 0 Å². The van der Waals surface area contributed by atoms with E-state index >= 15 is 0 Å². The minimum atomic E-state index is -0.0209. The number of piperidine rings is 1. The highest BCUT2D eigenvalue weighted by molar-refractivity contribution is 5.90. The Hall–Kier alpha value is -1.43. The van der Waals surface area contributed by atoms with E-state index in [1.54, 1.807) is 0 Å². The van der Waals surface area contributed by atoms with Crippen LogP contribution in [0.3, 0.4) is 0 Å². The summed E-state index contributed by atoms with van der Waals surface area (Å²) < 4.78 is 0. The summed E-state index contributed by atoms with van der Waals surface area (Å²) in [5.41, 5.74) is 0. The highest BCUT2D eigenvalue weighted by Gasteiger charge is 2.30. The van der Waals surface area contributed by atoms with Crippen molar-refractivity contribution in [3.05, 3.63) is 11.6 Å². The molecule has 0 aromatic carbocycles. The van der Waals surface area contributed by atoms with E-state index in [1.807, 2.05) is 4.90 Å². The Morgan fingerprint density at radius 3 is 2.95 bits per heavy atom. The van der Waals surface area contributed by atoms with Crippen LogP contribution in [0.15, 0.2) is 0 Å². The van der Waals surface area contributed by atoms with E-state index in [4.69, 9.17) is 0 Å². The monoisotopic (exact) mass is 291 g/mol. The lowest BCUT2D eigenvalue weighted by molar-refractivity contribution is 0.0660. The molecular weight excluding hydrogens is 266 g/mol. The number of hydrogen-bond donors (Lipinski definition) is 2. The zero-order valence-corrected chi connectivity index (χ0v) is 12.9. The van der Waals surface area contributed by atoms with Crippen molar-refractivity contribution in [2.45, 2.75) is 51.5 Å². The highest BCUT2D eigenvalue weighted by Crippen LogP contribution is 2.37. The number of aromatic amines is 1. The van der Waals surface area contributed by atoms with Gasteiger partial charge in [0.1, 0.15) is 5.82 Å². The first kappa shape index (κ1) is 14.5. The molecule has 0 radical (unpaired) electrons. The van der Waals surface area contributed by atoms with Crippen molar-refractivity contribution in [3.8, 4) is 0 Å². The Kier molecular flexibility index (Phi) is 4.24. The molecule has 1 aromatic rings. The summed E-state index contributed by atoms with van der Waals surface area (Å²) >= 11 is 0. The molecule has 6 heteroatoms. The molecule has 21 heavy (non-hydrogen) atoms. The van der Waals surface area contributed by atoms with E-state index in [0.717, 1.165) is 44.7 Å². The number of nitrogens with one attached hydrogen (secondary N) is 2. The van der Waals surface area contributed by atoms with Crippen molar-refractivity contribution in [1.82, 2.24) is 25.4 Å². The molecule has 1 saturated carbocycles. The number of amides is 1. The number of carbonyl (C=O) groups is 1. The van der Waals surface area contributed by atoms with E-state index < -0.39 is 0 Å². The molecule has 1 aliphatic carbocycles. The molecule has 1 unspecified atom stereocenters. The van der Waals surface area contributed by atoms with Crippen molar-refractivity contribution in [1.29, 1.82) is 0 Å². The predicted octanol–water partition coefficient (Wildman–Crippen LogP) is 1.53. The van der Waals surface area contributed by atoms with Crippen LogP contribution in [0.1, 0.15) is 61.9 Å². The Balaban J connectivity index is 1.57. The lowest BCUT2D eigenvalue weighted by atomic mass is 9.97. The quantitative estimate of drug-likeness (QED) is 0.863. The maximum Gasteiger partial charge on any atom is 0.293 e. The van der Waals surface area contributed by atoms with Crippen LogP contribution in [0.4, 0.5) is 0 Å². The van der Waals surface area contributed by atoms with Crippen LogP contribution in [-0.4, -0.2) is 51.7 Å². The molecule has 3 rings (SSSR count). The van der Waals surface area contributed by atoms with Crippen molar-refractivity contribution < 1.29 is 4.79 Å². The average Bonchev–Trinajstić information content (AvgIpc) is 3.22. The molecule has 1 saturated heterocycles. The van der Waals surface area contributed by atoms with Gasteiger partial charge >= 0.3 is 0 Å². The van der Waals surface area contributed by atoms with Crippen LogP contribution in [0, 0.1) is 5.92 Å². The van der Waals surface area contributed by atoms with E-state index in [2.05, 4.69) is 34.3 Å². The van der Waals surface area contributed by atoms with Gasteiger partial charge in [-0.3, -0.25) is 9.89 Å². The largest absolute Gasteiger partial charge is 0.336 e. The molecule has 0 bridgehead atoms. The first-order valence-electron chi connectivity index (χ1n) is 8.08. The second kappa shape index (κ2) is 6.13. The molecule has 1 aliphatic heterocycles. The molecular formula is C15H25N5O. The smallest absolute Gasteiger partial charge is 0.293 e. The Morgan fingerprint density at radius 1 is 1.43 bits per heavy atom.